The van der Waals surface area contributed by atoms with Crippen molar-refractivity contribution in [2.75, 3.05) is 17.7 Å². The number of hydrogen-bond acceptors (Lipinski definition) is 3. The molecule has 0 atom stereocenters. The first-order valence-corrected chi connectivity index (χ1v) is 8.37. The predicted molar refractivity (Wildman–Crippen MR) is 99.2 cm³/mol. The van der Waals surface area contributed by atoms with Gasteiger partial charge in [0.15, 0.2) is 5.69 Å². The van der Waals surface area contributed by atoms with Crippen molar-refractivity contribution in [2.24, 2.45) is 7.05 Å². The summed E-state index contributed by atoms with van der Waals surface area (Å²) in [6.45, 7) is 4.09. The van der Waals surface area contributed by atoms with Gasteiger partial charge in [0.25, 0.3) is 0 Å². The molecule has 0 aliphatic heterocycles. The maximum Gasteiger partial charge on any atom is 0.356 e. The van der Waals surface area contributed by atoms with E-state index in [1.807, 2.05) is 37.3 Å². The van der Waals surface area contributed by atoms with Gasteiger partial charge in [-0.3, -0.25) is 0 Å². The molecule has 0 aliphatic rings. The normalized spacial score (nSPS) is 10.4. The van der Waals surface area contributed by atoms with Gasteiger partial charge in [0, 0.05) is 18.4 Å². The molecule has 0 spiro atoms. The largest absolute Gasteiger partial charge is 0.464 e. The van der Waals surface area contributed by atoms with Crippen molar-refractivity contribution in [3.8, 4) is 0 Å². The van der Waals surface area contributed by atoms with E-state index in [0.717, 1.165) is 30.5 Å². The Hall–Kier alpha value is -2.76. The molecule has 1 aromatic carbocycles. The van der Waals surface area contributed by atoms with Crippen molar-refractivity contribution in [2.45, 2.75) is 33.1 Å². The van der Waals surface area contributed by atoms with Crippen molar-refractivity contribution in [3.63, 3.8) is 0 Å². The van der Waals surface area contributed by atoms with E-state index in [0.29, 0.717) is 17.1 Å². The lowest BCUT2D eigenvalue weighted by Gasteiger charge is -2.09. The minimum absolute atomic E-state index is 0.340. The van der Waals surface area contributed by atoms with Gasteiger partial charge in [0.1, 0.15) is 0 Å². The number of aryl methyl sites for hydroxylation is 2. The number of benzene rings is 1. The van der Waals surface area contributed by atoms with Crippen LogP contribution in [0.25, 0.3) is 0 Å². The second-order valence-corrected chi connectivity index (χ2v) is 6.00. The number of hydrogen-bond donors (Lipinski definition) is 2. The number of amides is 2. The number of esters is 1. The fourth-order valence-corrected chi connectivity index (χ4v) is 2.61. The zero-order valence-electron chi connectivity index (χ0n) is 15.2. The van der Waals surface area contributed by atoms with E-state index in [1.54, 1.807) is 11.6 Å². The number of unbranched alkanes of at least 4 members (excludes halogenated alkanes) is 1. The van der Waals surface area contributed by atoms with Gasteiger partial charge in [-0.25, -0.2) is 9.59 Å². The zero-order chi connectivity index (χ0) is 18.4. The highest BCUT2D eigenvalue weighted by atomic mass is 16.5. The average Bonchev–Trinajstić information content (AvgIpc) is 2.89. The van der Waals surface area contributed by atoms with Crippen molar-refractivity contribution in [3.05, 3.63) is 47.3 Å². The molecule has 2 amide bonds. The number of ether oxygens (including phenoxy) is 1. The lowest BCUT2D eigenvalue weighted by atomic mass is 10.2. The molecule has 0 fully saturated rings. The Kier molecular flexibility index (Phi) is 6.22. The molecule has 0 saturated heterocycles. The summed E-state index contributed by atoms with van der Waals surface area (Å²) in [5.41, 5.74) is 3.57. The van der Waals surface area contributed by atoms with Crippen LogP contribution in [0.1, 0.15) is 41.5 Å². The Labute approximate surface area is 148 Å². The van der Waals surface area contributed by atoms with Gasteiger partial charge in [0.05, 0.1) is 12.8 Å². The standard InChI is InChI=1S/C19H25N3O3/c1-5-6-7-15-12-16(17(22(15)3)18(23)25-4)21-19(24)20-14-10-8-13(2)9-11-14/h8-12H,5-7H2,1-4H3,(H2,20,21,24). The molecule has 0 bridgehead atoms. The number of nitrogens with one attached hydrogen (secondary N) is 2. The van der Waals surface area contributed by atoms with Gasteiger partial charge >= 0.3 is 12.0 Å². The average molecular weight is 343 g/mol. The van der Waals surface area contributed by atoms with E-state index < -0.39 is 12.0 Å². The number of anilines is 2. The summed E-state index contributed by atoms with van der Waals surface area (Å²) in [5.74, 6) is -0.476. The molecule has 6 nitrogen and oxygen atoms in total. The van der Waals surface area contributed by atoms with Crippen LogP contribution in [0.15, 0.2) is 30.3 Å². The molecule has 0 radical (unpaired) electrons. The quantitative estimate of drug-likeness (QED) is 0.775. The molecule has 0 aliphatic carbocycles. The maximum absolute atomic E-state index is 12.3. The third-order valence-corrected chi connectivity index (χ3v) is 4.06. The number of nitrogens with zero attached hydrogens (tertiary/aromatic N) is 1. The highest BCUT2D eigenvalue weighted by Gasteiger charge is 2.21. The Balaban J connectivity index is 2.20. The van der Waals surface area contributed by atoms with E-state index in [9.17, 15) is 9.59 Å². The van der Waals surface area contributed by atoms with E-state index in [-0.39, 0.29) is 0 Å². The number of carbonyl (C=O) groups is 2. The van der Waals surface area contributed by atoms with Crippen molar-refractivity contribution < 1.29 is 14.3 Å². The Bertz CT molecular complexity index is 748. The summed E-state index contributed by atoms with van der Waals surface area (Å²) < 4.78 is 6.64. The van der Waals surface area contributed by atoms with Crippen LogP contribution in [-0.4, -0.2) is 23.7 Å². The first-order valence-electron chi connectivity index (χ1n) is 8.37. The summed E-state index contributed by atoms with van der Waals surface area (Å²) in [5, 5.41) is 5.52. The number of methoxy groups -OCH3 is 1. The van der Waals surface area contributed by atoms with Gasteiger partial charge in [-0.15, -0.1) is 0 Å². The molecule has 0 saturated carbocycles. The van der Waals surface area contributed by atoms with Crippen LogP contribution in [0, 0.1) is 6.92 Å². The van der Waals surface area contributed by atoms with Crippen LogP contribution < -0.4 is 10.6 Å². The van der Waals surface area contributed by atoms with Crippen LogP contribution >= 0.6 is 0 Å². The van der Waals surface area contributed by atoms with Crippen LogP contribution in [0.4, 0.5) is 16.2 Å². The van der Waals surface area contributed by atoms with Crippen molar-refractivity contribution >= 4 is 23.4 Å². The van der Waals surface area contributed by atoms with Crippen LogP contribution in [-0.2, 0) is 18.2 Å². The minimum atomic E-state index is -0.476. The van der Waals surface area contributed by atoms with E-state index in [2.05, 4.69) is 17.6 Å². The topological polar surface area (TPSA) is 72.4 Å². The van der Waals surface area contributed by atoms with Crippen molar-refractivity contribution in [1.82, 2.24) is 4.57 Å². The molecule has 2 N–H and O–H groups in total. The third-order valence-electron chi connectivity index (χ3n) is 4.06. The van der Waals surface area contributed by atoms with E-state index in [4.69, 9.17) is 4.74 Å². The fourth-order valence-electron chi connectivity index (χ4n) is 2.61. The first-order chi connectivity index (χ1) is 12.0. The number of aromatic nitrogens is 1. The Morgan fingerprint density at radius 3 is 2.44 bits per heavy atom. The van der Waals surface area contributed by atoms with E-state index in [1.165, 1.54) is 7.11 Å². The van der Waals surface area contributed by atoms with Crippen molar-refractivity contribution in [1.29, 1.82) is 0 Å². The monoisotopic (exact) mass is 343 g/mol. The molecule has 2 aromatic rings. The highest BCUT2D eigenvalue weighted by molar-refractivity contribution is 6.04. The first kappa shape index (κ1) is 18.6. The molecule has 6 heteroatoms. The smallest absolute Gasteiger partial charge is 0.356 e. The molecule has 1 heterocycles. The Morgan fingerprint density at radius 1 is 1.16 bits per heavy atom. The summed E-state index contributed by atoms with van der Waals surface area (Å²) in [4.78, 5) is 24.4. The molecular weight excluding hydrogens is 318 g/mol. The Morgan fingerprint density at radius 2 is 1.84 bits per heavy atom. The maximum atomic E-state index is 12.3. The summed E-state index contributed by atoms with van der Waals surface area (Å²) in [6.07, 6.45) is 2.89. The van der Waals surface area contributed by atoms with Gasteiger partial charge in [0.2, 0.25) is 0 Å². The zero-order valence-corrected chi connectivity index (χ0v) is 15.2. The minimum Gasteiger partial charge on any atom is -0.464 e. The number of rotatable bonds is 6. The molecule has 0 unspecified atom stereocenters. The predicted octanol–water partition coefficient (Wildman–Crippen LogP) is 4.11. The molecule has 25 heavy (non-hydrogen) atoms. The second kappa shape index (κ2) is 8.37. The van der Waals surface area contributed by atoms with Gasteiger partial charge in [-0.1, -0.05) is 31.0 Å². The summed E-state index contributed by atoms with van der Waals surface area (Å²) in [6, 6.07) is 8.92. The number of urea groups is 1. The van der Waals surface area contributed by atoms with E-state index >= 15 is 0 Å². The lowest BCUT2D eigenvalue weighted by Crippen LogP contribution is -2.21. The van der Waals surface area contributed by atoms with Crippen LogP contribution in [0.5, 0.6) is 0 Å². The highest BCUT2D eigenvalue weighted by Crippen LogP contribution is 2.23. The lowest BCUT2D eigenvalue weighted by molar-refractivity contribution is 0.0591. The molecule has 2 rings (SSSR count). The SMILES string of the molecule is CCCCc1cc(NC(=O)Nc2ccc(C)cc2)c(C(=O)OC)n1C. The molecular formula is C19H25N3O3. The summed E-state index contributed by atoms with van der Waals surface area (Å²) >= 11 is 0. The van der Waals surface area contributed by atoms with Gasteiger partial charge < -0.3 is 19.9 Å². The fraction of sp³-hybridized carbons (Fsp3) is 0.368. The third kappa shape index (κ3) is 4.62. The number of carbonyl (C=O) groups excluding carboxylic acids is 2. The van der Waals surface area contributed by atoms with Gasteiger partial charge in [-0.2, -0.15) is 0 Å². The molecule has 134 valence electrons. The van der Waals surface area contributed by atoms with Gasteiger partial charge in [-0.05, 0) is 38.0 Å². The second-order valence-electron chi connectivity index (χ2n) is 6.00. The molecule has 1 aromatic heterocycles. The summed E-state index contributed by atoms with van der Waals surface area (Å²) in [7, 11) is 3.14. The van der Waals surface area contributed by atoms with Crippen LogP contribution in [0.3, 0.4) is 0 Å². The van der Waals surface area contributed by atoms with Crippen LogP contribution in [0.2, 0.25) is 0 Å².